The zero-order chi connectivity index (χ0) is 36.7. The number of hydrogen-bond acceptors (Lipinski definition) is 7. The third-order valence-electron chi connectivity index (χ3n) is 9.05. The van der Waals surface area contributed by atoms with E-state index in [0.717, 1.165) is 35.3 Å². The van der Waals surface area contributed by atoms with Crippen molar-refractivity contribution in [2.45, 2.75) is 50.2 Å². The predicted octanol–water partition coefficient (Wildman–Crippen LogP) is 9.05. The van der Waals surface area contributed by atoms with Crippen molar-refractivity contribution in [3.05, 3.63) is 148 Å². The summed E-state index contributed by atoms with van der Waals surface area (Å²) in [7, 11) is 0. The summed E-state index contributed by atoms with van der Waals surface area (Å²) in [5, 5.41) is 18.9. The maximum atomic E-state index is 14.1. The minimum Gasteiger partial charge on any atom is -0.321 e. The zero-order valence-corrected chi connectivity index (χ0v) is 30.8. The average molecular weight is 726 g/mol. The van der Waals surface area contributed by atoms with E-state index in [1.165, 1.54) is 28.0 Å². The summed E-state index contributed by atoms with van der Waals surface area (Å²) >= 11 is 2.87. The normalized spacial score (nSPS) is 14.7. The van der Waals surface area contributed by atoms with E-state index >= 15 is 0 Å². The Morgan fingerprint density at radius 2 is 1.71 bits per heavy atom. The second-order valence-electron chi connectivity index (χ2n) is 13.7. The van der Waals surface area contributed by atoms with Gasteiger partial charge in [0.05, 0.1) is 5.56 Å². The predicted molar refractivity (Wildman–Crippen MR) is 209 cm³/mol. The van der Waals surface area contributed by atoms with E-state index in [1.807, 2.05) is 42.5 Å². The van der Waals surface area contributed by atoms with Crippen molar-refractivity contribution in [2.75, 3.05) is 10.6 Å². The number of fused-ring (bicyclic) bond motifs is 1. The summed E-state index contributed by atoms with van der Waals surface area (Å²) in [5.41, 5.74) is 4.18. The summed E-state index contributed by atoms with van der Waals surface area (Å²) in [5.74, 6) is -0.672. The summed E-state index contributed by atoms with van der Waals surface area (Å²) in [6.45, 7) is 6.77. The number of thioether (sulfide) groups is 1. The Morgan fingerprint density at radius 1 is 0.962 bits per heavy atom. The largest absolute Gasteiger partial charge is 0.321 e. The van der Waals surface area contributed by atoms with Crippen LogP contribution in [0, 0.1) is 22.7 Å². The van der Waals surface area contributed by atoms with Crippen molar-refractivity contribution >= 4 is 57.6 Å². The molecule has 0 spiro atoms. The fourth-order valence-electron chi connectivity index (χ4n) is 6.16. The molecular formula is C42H39N5O3S2. The number of pyridine rings is 1. The number of thiophene rings is 1. The molecule has 3 aromatic carbocycles. The number of nitrogens with zero attached hydrogens (tertiary/aromatic N) is 2. The molecular weight excluding hydrogens is 687 g/mol. The Hall–Kier alpha value is -5.50. The third-order valence-corrected chi connectivity index (χ3v) is 11.5. The Kier molecular flexibility index (Phi) is 11.3. The molecule has 6 rings (SSSR count). The molecule has 3 N–H and O–H groups in total. The van der Waals surface area contributed by atoms with Gasteiger partial charge in [-0.15, -0.1) is 23.1 Å². The van der Waals surface area contributed by atoms with Crippen molar-refractivity contribution in [3.8, 4) is 6.07 Å². The number of hydrogen-bond donors (Lipinski definition) is 3. The summed E-state index contributed by atoms with van der Waals surface area (Å²) in [6, 6.07) is 31.3. The Bertz CT molecular complexity index is 2140. The molecule has 10 heteroatoms. The first kappa shape index (κ1) is 36.3. The molecule has 1 aliphatic rings. The first-order valence-corrected chi connectivity index (χ1v) is 18.8. The molecule has 0 radical (unpaired) electrons. The second-order valence-corrected chi connectivity index (χ2v) is 16.0. The van der Waals surface area contributed by atoms with Crippen LogP contribution in [0.3, 0.4) is 0 Å². The van der Waals surface area contributed by atoms with Crippen LogP contribution in [0.15, 0.2) is 120 Å². The smallest absolute Gasteiger partial charge is 0.272 e. The molecule has 5 aromatic rings. The van der Waals surface area contributed by atoms with Gasteiger partial charge in [0.25, 0.3) is 11.8 Å². The Labute approximate surface area is 312 Å². The maximum absolute atomic E-state index is 14.1. The van der Waals surface area contributed by atoms with Crippen LogP contribution < -0.4 is 16.0 Å². The lowest BCUT2D eigenvalue weighted by atomic mass is 9.72. The lowest BCUT2D eigenvalue weighted by Crippen LogP contribution is -2.30. The van der Waals surface area contributed by atoms with Gasteiger partial charge in [0, 0.05) is 33.4 Å². The highest BCUT2D eigenvalue weighted by atomic mass is 32.2. The molecule has 262 valence electrons. The SMILES string of the molecule is CC(C)(C)C1CCc2c(sc(NC(=O)C(Sc3cccc(NC(=O)/C(=C/c4cccnc4)NC(=O)c4ccccc4)c3)c3ccccc3)c2C#N)C1. The lowest BCUT2D eigenvalue weighted by molar-refractivity contribution is -0.116. The van der Waals surface area contributed by atoms with Crippen molar-refractivity contribution in [2.24, 2.45) is 11.3 Å². The van der Waals surface area contributed by atoms with Gasteiger partial charge in [-0.3, -0.25) is 19.4 Å². The van der Waals surface area contributed by atoms with Crippen molar-refractivity contribution in [1.29, 1.82) is 5.26 Å². The molecule has 0 saturated heterocycles. The van der Waals surface area contributed by atoms with E-state index in [9.17, 15) is 19.6 Å². The molecule has 3 amide bonds. The van der Waals surface area contributed by atoms with Gasteiger partial charge in [0.1, 0.15) is 22.0 Å². The summed E-state index contributed by atoms with van der Waals surface area (Å²) in [6.07, 6.45) is 7.55. The van der Waals surface area contributed by atoms with Gasteiger partial charge in [-0.2, -0.15) is 5.26 Å². The standard InChI is InChI=1S/C42H39N5O3S2/c1-42(2,3)30-19-20-33-34(25-43)41(52-36(33)23-30)47-40(50)37(28-13-6-4-7-14-28)51-32-18-10-17-31(24-32)45-39(49)35(22-27-12-11-21-44-26-27)46-38(48)29-15-8-5-9-16-29/h4-18,21-22,24,26,30,37H,19-20,23H2,1-3H3,(H,45,49)(H,46,48)(H,47,50)/b35-22-. The van der Waals surface area contributed by atoms with Gasteiger partial charge in [0.2, 0.25) is 5.91 Å². The van der Waals surface area contributed by atoms with Crippen LogP contribution in [0.5, 0.6) is 0 Å². The molecule has 0 aliphatic heterocycles. The van der Waals surface area contributed by atoms with E-state index in [2.05, 4.69) is 47.8 Å². The lowest BCUT2D eigenvalue weighted by Gasteiger charge is -2.33. The topological polar surface area (TPSA) is 124 Å². The van der Waals surface area contributed by atoms with Crippen LogP contribution >= 0.6 is 23.1 Å². The van der Waals surface area contributed by atoms with E-state index in [-0.39, 0.29) is 17.0 Å². The van der Waals surface area contributed by atoms with E-state index in [1.54, 1.807) is 73.1 Å². The molecule has 0 fully saturated rings. The fraction of sp³-hybridized carbons (Fsp3) is 0.214. The van der Waals surface area contributed by atoms with Crippen LogP contribution in [0.1, 0.15) is 69.9 Å². The van der Waals surface area contributed by atoms with Gasteiger partial charge in [-0.1, -0.05) is 81.4 Å². The molecule has 2 unspecified atom stereocenters. The number of nitrogens with one attached hydrogen (secondary N) is 3. The van der Waals surface area contributed by atoms with Crippen LogP contribution in [-0.4, -0.2) is 22.7 Å². The molecule has 2 atom stereocenters. The van der Waals surface area contributed by atoms with Crippen LogP contribution in [0.4, 0.5) is 10.7 Å². The quantitative estimate of drug-likeness (QED) is 0.0975. The van der Waals surface area contributed by atoms with Gasteiger partial charge in [0.15, 0.2) is 0 Å². The molecule has 0 saturated carbocycles. The highest BCUT2D eigenvalue weighted by Gasteiger charge is 2.33. The highest BCUT2D eigenvalue weighted by Crippen LogP contribution is 2.45. The van der Waals surface area contributed by atoms with Crippen LogP contribution in [0.2, 0.25) is 0 Å². The number of anilines is 2. The van der Waals surface area contributed by atoms with E-state index in [4.69, 9.17) is 0 Å². The van der Waals surface area contributed by atoms with Gasteiger partial charge >= 0.3 is 0 Å². The molecule has 0 bridgehead atoms. The number of nitriles is 1. The highest BCUT2D eigenvalue weighted by molar-refractivity contribution is 8.00. The van der Waals surface area contributed by atoms with Crippen LogP contribution in [-0.2, 0) is 22.4 Å². The zero-order valence-electron chi connectivity index (χ0n) is 29.2. The molecule has 8 nitrogen and oxygen atoms in total. The monoisotopic (exact) mass is 725 g/mol. The third kappa shape index (κ3) is 8.86. The minimum atomic E-state index is -0.647. The van der Waals surface area contributed by atoms with Crippen molar-refractivity contribution in [3.63, 3.8) is 0 Å². The molecule has 1 aliphatic carbocycles. The van der Waals surface area contributed by atoms with Gasteiger partial charge in [-0.25, -0.2) is 0 Å². The number of carbonyl (C=O) groups is 3. The number of amides is 3. The molecule has 2 aromatic heterocycles. The average Bonchev–Trinajstić information content (AvgIpc) is 3.50. The molecule has 52 heavy (non-hydrogen) atoms. The van der Waals surface area contributed by atoms with Gasteiger partial charge < -0.3 is 16.0 Å². The summed E-state index contributed by atoms with van der Waals surface area (Å²) < 4.78 is 0. The van der Waals surface area contributed by atoms with E-state index < -0.39 is 17.1 Å². The van der Waals surface area contributed by atoms with Crippen molar-refractivity contribution in [1.82, 2.24) is 10.3 Å². The first-order valence-electron chi connectivity index (χ1n) is 17.1. The number of carbonyl (C=O) groups excluding carboxylic acids is 3. The second kappa shape index (κ2) is 16.2. The first-order chi connectivity index (χ1) is 25.1. The Morgan fingerprint density at radius 3 is 2.40 bits per heavy atom. The fourth-order valence-corrected chi connectivity index (χ4v) is 8.53. The van der Waals surface area contributed by atoms with Gasteiger partial charge in [-0.05, 0) is 89.8 Å². The number of aromatic nitrogens is 1. The van der Waals surface area contributed by atoms with Crippen molar-refractivity contribution < 1.29 is 14.4 Å². The van der Waals surface area contributed by atoms with Crippen LogP contribution in [0.25, 0.3) is 6.08 Å². The number of benzene rings is 3. The summed E-state index contributed by atoms with van der Waals surface area (Å²) in [4.78, 5) is 46.9. The van der Waals surface area contributed by atoms with E-state index in [0.29, 0.717) is 33.3 Å². The maximum Gasteiger partial charge on any atom is 0.272 e. The molecule has 2 heterocycles. The minimum absolute atomic E-state index is 0.0437. The number of rotatable bonds is 10. The Balaban J connectivity index is 1.22.